The first-order valence-electron chi connectivity index (χ1n) is 9.86. The van der Waals surface area contributed by atoms with Crippen molar-refractivity contribution in [3.63, 3.8) is 0 Å². The van der Waals surface area contributed by atoms with E-state index in [1.807, 2.05) is 29.8 Å². The van der Waals surface area contributed by atoms with Crippen molar-refractivity contribution < 1.29 is 17.9 Å². The molecule has 0 atom stereocenters. The monoisotopic (exact) mass is 442 g/mol. The molecule has 0 aliphatic carbocycles. The number of aryl methyl sites for hydroxylation is 2. The van der Waals surface area contributed by atoms with Gasteiger partial charge in [-0.1, -0.05) is 17.7 Å². The van der Waals surface area contributed by atoms with Gasteiger partial charge in [-0.15, -0.1) is 0 Å². The number of amides is 1. The van der Waals surface area contributed by atoms with E-state index in [4.69, 9.17) is 4.74 Å². The molecule has 1 amide bonds. The fourth-order valence-electron chi connectivity index (χ4n) is 3.00. The normalized spacial score (nSPS) is 11.2. The molecule has 1 aromatic heterocycles. The van der Waals surface area contributed by atoms with E-state index in [2.05, 4.69) is 10.3 Å². The molecule has 0 spiro atoms. The third kappa shape index (κ3) is 5.85. The number of sulfonamides is 1. The van der Waals surface area contributed by atoms with Crippen molar-refractivity contribution >= 4 is 21.6 Å². The fourth-order valence-corrected chi connectivity index (χ4v) is 4.42. The number of aromatic nitrogens is 2. The Hall–Kier alpha value is -3.33. The minimum atomic E-state index is -3.95. The predicted molar refractivity (Wildman–Crippen MR) is 119 cm³/mol. The molecule has 164 valence electrons. The zero-order chi connectivity index (χ0) is 22.3. The van der Waals surface area contributed by atoms with Gasteiger partial charge in [-0.25, -0.2) is 13.4 Å². The van der Waals surface area contributed by atoms with Gasteiger partial charge in [-0.3, -0.25) is 9.10 Å². The summed E-state index contributed by atoms with van der Waals surface area (Å²) in [5, 5.41) is 2.80. The number of benzene rings is 2. The summed E-state index contributed by atoms with van der Waals surface area (Å²) in [5.74, 6) is 0.180. The molecule has 3 aromatic rings. The molecular formula is C22H26N4O4S. The van der Waals surface area contributed by atoms with Gasteiger partial charge in [-0.05, 0) is 49.7 Å². The van der Waals surface area contributed by atoms with Gasteiger partial charge in [0.25, 0.3) is 10.0 Å². The molecular weight excluding hydrogens is 416 g/mol. The van der Waals surface area contributed by atoms with Crippen LogP contribution in [0.1, 0.15) is 12.0 Å². The maximum absolute atomic E-state index is 13.3. The number of carbonyl (C=O) groups is 1. The molecule has 0 radical (unpaired) electrons. The van der Waals surface area contributed by atoms with E-state index in [-0.39, 0.29) is 17.3 Å². The Bertz CT molecular complexity index is 1080. The third-order valence-corrected chi connectivity index (χ3v) is 6.52. The average Bonchev–Trinajstić information content (AvgIpc) is 3.29. The van der Waals surface area contributed by atoms with Gasteiger partial charge in [0.1, 0.15) is 12.3 Å². The standard InChI is InChI=1S/C22H26N4O4S/c1-18-4-6-19(7-5-18)26(31(28,29)21-10-8-20(30-2)9-11-21)16-22(27)24-12-3-14-25-15-13-23-17-25/h4-11,13,15,17H,3,12,14,16H2,1-2H3,(H,24,27). The molecule has 0 fully saturated rings. The second kappa shape index (κ2) is 10.1. The summed E-state index contributed by atoms with van der Waals surface area (Å²) in [7, 11) is -2.44. The zero-order valence-electron chi connectivity index (χ0n) is 17.6. The van der Waals surface area contributed by atoms with Gasteiger partial charge in [0.2, 0.25) is 5.91 Å². The second-order valence-corrected chi connectivity index (χ2v) is 8.89. The van der Waals surface area contributed by atoms with E-state index in [0.717, 1.165) is 9.87 Å². The maximum atomic E-state index is 13.3. The number of methoxy groups -OCH3 is 1. The Labute approximate surface area is 182 Å². The van der Waals surface area contributed by atoms with Crippen molar-refractivity contribution in [2.75, 3.05) is 24.5 Å². The molecule has 0 unspecified atom stereocenters. The summed E-state index contributed by atoms with van der Waals surface area (Å²) in [5.41, 5.74) is 1.42. The zero-order valence-corrected chi connectivity index (χ0v) is 18.4. The van der Waals surface area contributed by atoms with Crippen molar-refractivity contribution in [3.8, 4) is 5.75 Å². The molecule has 0 aliphatic heterocycles. The molecule has 0 saturated carbocycles. The smallest absolute Gasteiger partial charge is 0.264 e. The first kappa shape index (κ1) is 22.4. The minimum absolute atomic E-state index is 0.0850. The number of carbonyl (C=O) groups excluding carboxylic acids is 1. The molecule has 8 nitrogen and oxygen atoms in total. The second-order valence-electron chi connectivity index (χ2n) is 7.03. The highest BCUT2D eigenvalue weighted by Gasteiger charge is 2.27. The van der Waals surface area contributed by atoms with Crippen LogP contribution in [0.5, 0.6) is 5.75 Å². The minimum Gasteiger partial charge on any atom is -0.497 e. The lowest BCUT2D eigenvalue weighted by Gasteiger charge is -2.24. The number of hydrogen-bond acceptors (Lipinski definition) is 5. The number of nitrogens with one attached hydrogen (secondary N) is 1. The highest BCUT2D eigenvalue weighted by molar-refractivity contribution is 7.92. The van der Waals surface area contributed by atoms with Crippen molar-refractivity contribution in [2.45, 2.75) is 24.8 Å². The molecule has 3 rings (SSSR count). The summed E-state index contributed by atoms with van der Waals surface area (Å²) in [4.78, 5) is 16.6. The number of hydrogen-bond donors (Lipinski definition) is 1. The fraction of sp³-hybridized carbons (Fsp3) is 0.273. The third-order valence-electron chi connectivity index (χ3n) is 4.73. The van der Waals surface area contributed by atoms with E-state index in [1.165, 1.54) is 19.2 Å². The van der Waals surface area contributed by atoms with Crippen LogP contribution < -0.4 is 14.4 Å². The summed E-state index contributed by atoms with van der Waals surface area (Å²) in [6.45, 7) is 2.75. The molecule has 2 aromatic carbocycles. The van der Waals surface area contributed by atoms with E-state index in [0.29, 0.717) is 30.9 Å². The molecule has 1 N–H and O–H groups in total. The van der Waals surface area contributed by atoms with Gasteiger partial charge >= 0.3 is 0 Å². The van der Waals surface area contributed by atoms with Crippen LogP contribution in [-0.4, -0.2) is 44.1 Å². The molecule has 0 saturated heterocycles. The quantitative estimate of drug-likeness (QED) is 0.487. The van der Waals surface area contributed by atoms with Crippen LogP contribution in [0.2, 0.25) is 0 Å². The van der Waals surface area contributed by atoms with Gasteiger partial charge in [0.05, 0.1) is 24.0 Å². The van der Waals surface area contributed by atoms with Crippen LogP contribution in [0, 0.1) is 6.92 Å². The van der Waals surface area contributed by atoms with E-state index >= 15 is 0 Å². The molecule has 31 heavy (non-hydrogen) atoms. The number of rotatable bonds is 10. The van der Waals surface area contributed by atoms with Crippen molar-refractivity contribution in [2.24, 2.45) is 0 Å². The maximum Gasteiger partial charge on any atom is 0.264 e. The van der Waals surface area contributed by atoms with Crippen LogP contribution in [0.25, 0.3) is 0 Å². The molecule has 9 heteroatoms. The summed E-state index contributed by atoms with van der Waals surface area (Å²) < 4.78 is 34.8. The summed E-state index contributed by atoms with van der Waals surface area (Å²) in [6, 6.07) is 13.1. The Morgan fingerprint density at radius 3 is 2.45 bits per heavy atom. The largest absolute Gasteiger partial charge is 0.497 e. The van der Waals surface area contributed by atoms with Crippen LogP contribution in [0.15, 0.2) is 72.1 Å². The Kier molecular flexibility index (Phi) is 7.30. The number of imidazole rings is 1. The van der Waals surface area contributed by atoms with E-state index < -0.39 is 10.0 Å². The topological polar surface area (TPSA) is 93.5 Å². The Morgan fingerprint density at radius 1 is 1.13 bits per heavy atom. The predicted octanol–water partition coefficient (Wildman–Crippen LogP) is 2.60. The van der Waals surface area contributed by atoms with Crippen LogP contribution in [0.3, 0.4) is 0 Å². The summed E-state index contributed by atoms with van der Waals surface area (Å²) >= 11 is 0. The number of anilines is 1. The van der Waals surface area contributed by atoms with Gasteiger partial charge in [-0.2, -0.15) is 0 Å². The van der Waals surface area contributed by atoms with Crippen LogP contribution in [0.4, 0.5) is 5.69 Å². The Balaban J connectivity index is 1.74. The lowest BCUT2D eigenvalue weighted by molar-refractivity contribution is -0.119. The highest BCUT2D eigenvalue weighted by atomic mass is 32.2. The first-order valence-corrected chi connectivity index (χ1v) is 11.3. The van der Waals surface area contributed by atoms with E-state index in [9.17, 15) is 13.2 Å². The van der Waals surface area contributed by atoms with Crippen LogP contribution in [-0.2, 0) is 21.4 Å². The van der Waals surface area contributed by atoms with Gasteiger partial charge in [0, 0.05) is 25.5 Å². The lowest BCUT2D eigenvalue weighted by Crippen LogP contribution is -2.41. The van der Waals surface area contributed by atoms with Crippen molar-refractivity contribution in [1.29, 1.82) is 0 Å². The first-order chi connectivity index (χ1) is 14.9. The molecule has 1 heterocycles. The Morgan fingerprint density at radius 2 is 1.84 bits per heavy atom. The molecule has 0 aliphatic rings. The van der Waals surface area contributed by atoms with Gasteiger partial charge < -0.3 is 14.6 Å². The van der Waals surface area contributed by atoms with Gasteiger partial charge in [0.15, 0.2) is 0 Å². The highest BCUT2D eigenvalue weighted by Crippen LogP contribution is 2.25. The number of nitrogens with zero attached hydrogens (tertiary/aromatic N) is 3. The van der Waals surface area contributed by atoms with E-state index in [1.54, 1.807) is 36.8 Å². The molecule has 0 bridgehead atoms. The average molecular weight is 443 g/mol. The van der Waals surface area contributed by atoms with Crippen molar-refractivity contribution in [3.05, 3.63) is 72.8 Å². The van der Waals surface area contributed by atoms with Crippen molar-refractivity contribution in [1.82, 2.24) is 14.9 Å². The SMILES string of the molecule is COc1ccc(S(=O)(=O)N(CC(=O)NCCCn2ccnc2)c2ccc(C)cc2)cc1. The van der Waals surface area contributed by atoms with Crippen LogP contribution >= 0.6 is 0 Å². The lowest BCUT2D eigenvalue weighted by atomic mass is 10.2. The number of ether oxygens (including phenoxy) is 1. The summed E-state index contributed by atoms with van der Waals surface area (Å²) in [6.07, 6.45) is 5.96.